The van der Waals surface area contributed by atoms with Crippen LogP contribution in [0.5, 0.6) is 0 Å². The van der Waals surface area contributed by atoms with Crippen molar-refractivity contribution in [2.45, 2.75) is 57.4 Å². The summed E-state index contributed by atoms with van der Waals surface area (Å²) in [6.07, 6.45) is 10.7. The molecule has 5 rings (SSSR count). The summed E-state index contributed by atoms with van der Waals surface area (Å²) in [7, 11) is -4.28. The molecular formula is C25H29N7O5S. The highest BCUT2D eigenvalue weighted by Crippen LogP contribution is 2.38. The molecule has 1 aromatic carbocycles. The molecule has 13 heteroatoms. The van der Waals surface area contributed by atoms with Crippen molar-refractivity contribution in [1.29, 1.82) is 0 Å². The quantitative estimate of drug-likeness (QED) is 0.399. The highest BCUT2D eigenvalue weighted by molar-refractivity contribution is 7.90. The van der Waals surface area contributed by atoms with Crippen LogP contribution in [0.2, 0.25) is 0 Å². The second-order valence-electron chi connectivity index (χ2n) is 9.08. The van der Waals surface area contributed by atoms with Crippen LogP contribution in [0.15, 0.2) is 35.7 Å². The van der Waals surface area contributed by atoms with E-state index in [2.05, 4.69) is 31.8 Å². The Balaban J connectivity index is 0.000000360. The third-order valence-electron chi connectivity index (χ3n) is 6.28. The van der Waals surface area contributed by atoms with E-state index in [4.69, 9.17) is 0 Å². The number of sulfonamides is 1. The minimum Gasteiger partial charge on any atom is -0.350 e. The molecule has 2 aromatic heterocycles. The molecule has 38 heavy (non-hydrogen) atoms. The van der Waals surface area contributed by atoms with E-state index in [1.807, 2.05) is 18.6 Å². The van der Waals surface area contributed by atoms with Gasteiger partial charge in [0.25, 0.3) is 15.9 Å². The summed E-state index contributed by atoms with van der Waals surface area (Å²) in [5.41, 5.74) is 7.27. The molecule has 2 aliphatic rings. The summed E-state index contributed by atoms with van der Waals surface area (Å²) in [5.74, 6) is -0.622. The van der Waals surface area contributed by atoms with E-state index in [0.717, 1.165) is 83.7 Å². The fourth-order valence-corrected chi connectivity index (χ4v) is 5.37. The molecule has 0 saturated carbocycles. The van der Waals surface area contributed by atoms with E-state index in [1.165, 1.54) is 11.1 Å². The largest absolute Gasteiger partial charge is 0.350 e. The summed E-state index contributed by atoms with van der Waals surface area (Å²) in [5, 5.41) is 8.14. The van der Waals surface area contributed by atoms with Gasteiger partial charge in [0.1, 0.15) is 0 Å². The van der Waals surface area contributed by atoms with Crippen molar-refractivity contribution < 1.29 is 22.8 Å². The molecular weight excluding hydrogens is 510 g/mol. The smallest absolute Gasteiger partial charge is 0.333 e. The molecule has 3 N–H and O–H groups in total. The standard InChI is InChI=1S/C19H21N5O5S.C6H8N2/c25-11-20-10-17(26)24-8-7-16(22-24)30(28,29)23-19(27)21-18-14-5-1-3-12(14)9-13-4-2-6-15(13)18;1-5-3-8-6(2)4-7-5/h7-9,11H,1-6,10H2,(H,20,25)(H2,21,23,27);3-4H,1-2H3. The van der Waals surface area contributed by atoms with Crippen LogP contribution in [-0.2, 0) is 40.5 Å². The molecule has 0 radical (unpaired) electrons. The third kappa shape index (κ3) is 6.22. The second kappa shape index (κ2) is 11.5. The van der Waals surface area contributed by atoms with E-state index in [-0.39, 0.29) is 6.54 Å². The van der Waals surface area contributed by atoms with Gasteiger partial charge in [-0.3, -0.25) is 19.6 Å². The normalized spacial score (nSPS) is 13.5. The van der Waals surface area contributed by atoms with Crippen LogP contribution in [0.1, 0.15) is 51.3 Å². The summed E-state index contributed by atoms with van der Waals surface area (Å²) < 4.78 is 27.8. The number of carbonyl (C=O) groups excluding carboxylic acids is 3. The van der Waals surface area contributed by atoms with E-state index in [0.29, 0.717) is 6.41 Å². The molecule has 3 amide bonds. The first-order valence-electron chi connectivity index (χ1n) is 12.2. The maximum absolute atomic E-state index is 12.5. The summed E-state index contributed by atoms with van der Waals surface area (Å²) in [4.78, 5) is 42.6. The number of hydrogen-bond acceptors (Lipinski definition) is 8. The van der Waals surface area contributed by atoms with Gasteiger partial charge in [0, 0.05) is 24.3 Å². The van der Waals surface area contributed by atoms with E-state index >= 15 is 0 Å². The van der Waals surface area contributed by atoms with Crippen molar-refractivity contribution >= 4 is 34.1 Å². The molecule has 0 spiro atoms. The maximum Gasteiger partial charge on any atom is 0.333 e. The van der Waals surface area contributed by atoms with Crippen LogP contribution in [0.4, 0.5) is 10.5 Å². The van der Waals surface area contributed by atoms with Crippen LogP contribution in [0.25, 0.3) is 0 Å². The predicted molar refractivity (Wildman–Crippen MR) is 138 cm³/mol. The number of benzene rings is 1. The van der Waals surface area contributed by atoms with Gasteiger partial charge in [-0.2, -0.15) is 13.5 Å². The Bertz CT molecular complexity index is 1410. The van der Waals surface area contributed by atoms with Crippen LogP contribution in [0.3, 0.4) is 0 Å². The highest BCUT2D eigenvalue weighted by atomic mass is 32.2. The number of fused-ring (bicyclic) bond motifs is 2. The van der Waals surface area contributed by atoms with E-state index in [9.17, 15) is 22.8 Å². The lowest BCUT2D eigenvalue weighted by Gasteiger charge is -2.16. The number of aromatic nitrogens is 4. The molecule has 3 aromatic rings. The number of hydrogen-bond donors (Lipinski definition) is 3. The van der Waals surface area contributed by atoms with Gasteiger partial charge in [-0.25, -0.2) is 14.2 Å². The number of rotatable bonds is 6. The van der Waals surface area contributed by atoms with Crippen LogP contribution < -0.4 is 15.4 Å². The van der Waals surface area contributed by atoms with Gasteiger partial charge in [0.2, 0.25) is 6.41 Å². The number of anilines is 1. The van der Waals surface area contributed by atoms with Crippen molar-refractivity contribution in [1.82, 2.24) is 29.8 Å². The summed E-state index contributed by atoms with van der Waals surface area (Å²) in [6.45, 7) is 3.52. The number of amides is 3. The van der Waals surface area contributed by atoms with Gasteiger partial charge < -0.3 is 10.6 Å². The minimum absolute atomic E-state index is 0.331. The van der Waals surface area contributed by atoms with Crippen molar-refractivity contribution in [2.75, 3.05) is 11.9 Å². The Kier molecular flexibility index (Phi) is 8.15. The highest BCUT2D eigenvalue weighted by Gasteiger charge is 2.27. The van der Waals surface area contributed by atoms with Gasteiger partial charge in [-0.15, -0.1) is 0 Å². The molecule has 0 saturated heterocycles. The maximum atomic E-state index is 12.5. The molecule has 12 nitrogen and oxygen atoms in total. The number of nitrogens with one attached hydrogen (secondary N) is 3. The van der Waals surface area contributed by atoms with Crippen molar-refractivity contribution in [2.24, 2.45) is 0 Å². The Morgan fingerprint density at radius 2 is 1.61 bits per heavy atom. The molecule has 2 aliphatic carbocycles. The van der Waals surface area contributed by atoms with Crippen LogP contribution in [-0.4, -0.2) is 53.1 Å². The zero-order chi connectivity index (χ0) is 27.3. The second-order valence-corrected chi connectivity index (χ2v) is 10.7. The minimum atomic E-state index is -4.28. The van der Waals surface area contributed by atoms with Gasteiger partial charge in [0.05, 0.1) is 17.9 Å². The predicted octanol–water partition coefficient (Wildman–Crippen LogP) is 1.85. The first-order valence-corrected chi connectivity index (χ1v) is 13.7. The average molecular weight is 540 g/mol. The van der Waals surface area contributed by atoms with Gasteiger partial charge in [-0.05, 0) is 80.7 Å². The van der Waals surface area contributed by atoms with E-state index < -0.39 is 27.0 Å². The lowest BCUT2D eigenvalue weighted by molar-refractivity contribution is -0.109. The molecule has 0 bridgehead atoms. The van der Waals surface area contributed by atoms with Crippen molar-refractivity contribution in [3.05, 3.63) is 64.4 Å². The Hall–Kier alpha value is -4.13. The molecule has 0 unspecified atom stereocenters. The van der Waals surface area contributed by atoms with Crippen LogP contribution in [0, 0.1) is 13.8 Å². The number of urea groups is 1. The number of nitrogens with zero attached hydrogens (tertiary/aromatic N) is 4. The average Bonchev–Trinajstić information content (AvgIpc) is 3.65. The monoisotopic (exact) mass is 539 g/mol. The first-order chi connectivity index (χ1) is 18.2. The SMILES string of the molecule is Cc1cnc(C)cn1.O=CNCC(=O)n1ccc(S(=O)(=O)NC(=O)Nc2c3c(cc4c2CCC4)CCC3)n1. The molecule has 2 heterocycles. The Morgan fingerprint density at radius 1 is 1.00 bits per heavy atom. The van der Waals surface area contributed by atoms with Gasteiger partial charge in [-0.1, -0.05) is 6.07 Å². The summed E-state index contributed by atoms with van der Waals surface area (Å²) in [6, 6.07) is 2.45. The summed E-state index contributed by atoms with van der Waals surface area (Å²) >= 11 is 0. The van der Waals surface area contributed by atoms with E-state index in [1.54, 1.807) is 12.4 Å². The number of carbonyl (C=O) groups is 3. The molecule has 0 atom stereocenters. The lowest BCUT2D eigenvalue weighted by atomic mass is 9.99. The topological polar surface area (TPSA) is 165 Å². The number of aryl methyl sites for hydroxylation is 4. The van der Waals surface area contributed by atoms with Crippen molar-refractivity contribution in [3.63, 3.8) is 0 Å². The third-order valence-corrected chi connectivity index (χ3v) is 7.50. The molecule has 200 valence electrons. The van der Waals surface area contributed by atoms with Crippen LogP contribution >= 0.6 is 0 Å². The molecule has 0 aliphatic heterocycles. The first kappa shape index (κ1) is 26.9. The van der Waals surface area contributed by atoms with Crippen molar-refractivity contribution in [3.8, 4) is 0 Å². The zero-order valence-electron chi connectivity index (χ0n) is 21.2. The van der Waals surface area contributed by atoms with Gasteiger partial charge in [0.15, 0.2) is 5.03 Å². The van der Waals surface area contributed by atoms with Gasteiger partial charge >= 0.3 is 6.03 Å². The fraction of sp³-hybridized carbons (Fsp3) is 0.360. The fourth-order valence-electron chi connectivity index (χ4n) is 4.54. The Labute approximate surface area is 220 Å². The molecule has 0 fully saturated rings. The Morgan fingerprint density at radius 3 is 2.16 bits per heavy atom. The lowest BCUT2D eigenvalue weighted by Crippen LogP contribution is -2.35. The zero-order valence-corrected chi connectivity index (χ0v) is 22.0.